The lowest BCUT2D eigenvalue weighted by Crippen LogP contribution is -2.15. The van der Waals surface area contributed by atoms with Gasteiger partial charge in [0.25, 0.3) is 0 Å². The highest BCUT2D eigenvalue weighted by molar-refractivity contribution is 5.60. The quantitative estimate of drug-likeness (QED) is 0.809. The van der Waals surface area contributed by atoms with E-state index in [-0.39, 0.29) is 5.82 Å². The molecule has 0 bridgehead atoms. The number of aryl methyl sites for hydroxylation is 1. The highest BCUT2D eigenvalue weighted by Crippen LogP contribution is 2.22. The molecule has 0 atom stereocenters. The van der Waals surface area contributed by atoms with Crippen molar-refractivity contribution in [2.45, 2.75) is 33.4 Å². The molecule has 0 spiro atoms. The van der Waals surface area contributed by atoms with Gasteiger partial charge >= 0.3 is 0 Å². The smallest absolute Gasteiger partial charge is 0.127 e. The van der Waals surface area contributed by atoms with Gasteiger partial charge in [0.1, 0.15) is 5.82 Å². The minimum absolute atomic E-state index is 0.157. The monoisotopic (exact) mass is 261 g/mol. The maximum Gasteiger partial charge on any atom is 0.127 e. The summed E-state index contributed by atoms with van der Waals surface area (Å²) in [5, 5.41) is 7.48. The Bertz CT molecular complexity index is 534. The summed E-state index contributed by atoms with van der Waals surface area (Å²) in [6, 6.07) is 7.20. The highest BCUT2D eigenvalue weighted by atomic mass is 19.1. The van der Waals surface area contributed by atoms with Gasteiger partial charge in [0, 0.05) is 30.4 Å². The van der Waals surface area contributed by atoms with Crippen LogP contribution in [-0.2, 0) is 13.1 Å². The fourth-order valence-corrected chi connectivity index (χ4v) is 2.10. The summed E-state index contributed by atoms with van der Waals surface area (Å²) < 4.78 is 15.7. The number of hydrogen-bond donors (Lipinski definition) is 1. The van der Waals surface area contributed by atoms with Gasteiger partial charge in [-0.2, -0.15) is 5.10 Å². The first-order chi connectivity index (χ1) is 9.26. The van der Waals surface area contributed by atoms with Crippen molar-refractivity contribution in [3.05, 3.63) is 41.8 Å². The normalized spacial score (nSPS) is 10.9. The van der Waals surface area contributed by atoms with Crippen molar-refractivity contribution >= 4 is 0 Å². The van der Waals surface area contributed by atoms with Crippen LogP contribution in [0.15, 0.2) is 30.5 Å². The Morgan fingerprint density at radius 2 is 2.11 bits per heavy atom. The summed E-state index contributed by atoms with van der Waals surface area (Å²) in [7, 11) is 0. The van der Waals surface area contributed by atoms with E-state index in [2.05, 4.69) is 17.3 Å². The van der Waals surface area contributed by atoms with E-state index in [0.29, 0.717) is 12.1 Å². The molecule has 1 N–H and O–H groups in total. The van der Waals surface area contributed by atoms with E-state index in [1.54, 1.807) is 6.20 Å². The van der Waals surface area contributed by atoms with Gasteiger partial charge in [0.2, 0.25) is 0 Å². The molecular formula is C15H20FN3. The van der Waals surface area contributed by atoms with Crippen molar-refractivity contribution in [3.8, 4) is 11.3 Å². The van der Waals surface area contributed by atoms with Crippen molar-refractivity contribution in [1.29, 1.82) is 0 Å². The number of aromatic nitrogens is 2. The number of halogens is 1. The zero-order valence-electron chi connectivity index (χ0n) is 11.5. The maximum atomic E-state index is 13.8. The first kappa shape index (κ1) is 13.7. The second-order valence-corrected chi connectivity index (χ2v) is 4.52. The summed E-state index contributed by atoms with van der Waals surface area (Å²) in [5.41, 5.74) is 2.74. The summed E-state index contributed by atoms with van der Waals surface area (Å²) in [4.78, 5) is 0. The van der Waals surface area contributed by atoms with Crippen LogP contribution in [0.25, 0.3) is 11.3 Å². The molecule has 4 heteroatoms. The Morgan fingerprint density at radius 1 is 1.26 bits per heavy atom. The summed E-state index contributed by atoms with van der Waals surface area (Å²) in [5.74, 6) is -0.157. The molecule has 0 saturated heterocycles. The van der Waals surface area contributed by atoms with E-state index in [1.165, 1.54) is 6.07 Å². The first-order valence-corrected chi connectivity index (χ1v) is 6.77. The molecule has 0 fully saturated rings. The number of rotatable bonds is 6. The second-order valence-electron chi connectivity index (χ2n) is 4.52. The number of nitrogens with zero attached hydrogens (tertiary/aromatic N) is 2. The lowest BCUT2D eigenvalue weighted by Gasteiger charge is -2.09. The number of nitrogens with one attached hydrogen (secondary N) is 1. The molecule has 19 heavy (non-hydrogen) atoms. The topological polar surface area (TPSA) is 29.9 Å². The average molecular weight is 261 g/mol. The van der Waals surface area contributed by atoms with Gasteiger partial charge in [-0.3, -0.25) is 4.68 Å². The summed E-state index contributed by atoms with van der Waals surface area (Å²) in [6.07, 6.45) is 2.82. The van der Waals surface area contributed by atoms with Crippen molar-refractivity contribution in [1.82, 2.24) is 15.1 Å². The Labute approximate surface area is 113 Å². The van der Waals surface area contributed by atoms with Gasteiger partial charge in [0.05, 0.1) is 5.69 Å². The first-order valence-electron chi connectivity index (χ1n) is 6.77. The Hall–Kier alpha value is -1.68. The molecule has 102 valence electrons. The number of benzene rings is 1. The number of hydrogen-bond acceptors (Lipinski definition) is 2. The molecule has 0 amide bonds. The molecule has 1 aromatic carbocycles. The fraction of sp³-hybridized carbons (Fsp3) is 0.400. The molecule has 0 aliphatic carbocycles. The molecule has 0 aliphatic heterocycles. The maximum absolute atomic E-state index is 13.8. The van der Waals surface area contributed by atoms with Gasteiger partial charge in [-0.25, -0.2) is 4.39 Å². The zero-order chi connectivity index (χ0) is 13.7. The van der Waals surface area contributed by atoms with Crippen LogP contribution < -0.4 is 5.32 Å². The fourth-order valence-electron chi connectivity index (χ4n) is 2.10. The van der Waals surface area contributed by atoms with Crippen molar-refractivity contribution in [3.63, 3.8) is 0 Å². The third-order valence-corrected chi connectivity index (χ3v) is 3.10. The van der Waals surface area contributed by atoms with Crippen LogP contribution in [0.3, 0.4) is 0 Å². The zero-order valence-corrected chi connectivity index (χ0v) is 11.5. The molecule has 2 aromatic rings. The van der Waals surface area contributed by atoms with Crippen LogP contribution in [0, 0.1) is 5.82 Å². The predicted molar refractivity (Wildman–Crippen MR) is 75.3 cm³/mol. The lowest BCUT2D eigenvalue weighted by molar-refractivity contribution is 0.586. The van der Waals surface area contributed by atoms with E-state index < -0.39 is 0 Å². The Kier molecular flexibility index (Phi) is 4.68. The van der Waals surface area contributed by atoms with Crippen LogP contribution in [0.1, 0.15) is 25.8 Å². The van der Waals surface area contributed by atoms with Gasteiger partial charge in [-0.1, -0.05) is 6.92 Å². The van der Waals surface area contributed by atoms with E-state index in [4.69, 9.17) is 0 Å². The second kappa shape index (κ2) is 6.48. The van der Waals surface area contributed by atoms with Crippen LogP contribution in [-0.4, -0.2) is 16.3 Å². The van der Waals surface area contributed by atoms with Gasteiger partial charge in [-0.15, -0.1) is 0 Å². The van der Waals surface area contributed by atoms with Gasteiger partial charge in [-0.05, 0) is 44.2 Å². The molecule has 1 heterocycles. The predicted octanol–water partition coefficient (Wildman–Crippen LogP) is 3.21. The lowest BCUT2D eigenvalue weighted by atomic mass is 10.1. The van der Waals surface area contributed by atoms with Crippen LogP contribution in [0.4, 0.5) is 4.39 Å². The van der Waals surface area contributed by atoms with Gasteiger partial charge in [0.15, 0.2) is 0 Å². The molecule has 0 aliphatic rings. The van der Waals surface area contributed by atoms with E-state index in [0.717, 1.165) is 30.8 Å². The van der Waals surface area contributed by atoms with Crippen molar-refractivity contribution in [2.75, 3.05) is 6.54 Å². The third kappa shape index (κ3) is 3.20. The SMILES string of the molecule is CCCNCc1cc(-c2ccnn2CC)ccc1F. The molecule has 1 aromatic heterocycles. The van der Waals surface area contributed by atoms with Crippen LogP contribution >= 0.6 is 0 Å². The molecular weight excluding hydrogens is 241 g/mol. The highest BCUT2D eigenvalue weighted by Gasteiger charge is 2.08. The largest absolute Gasteiger partial charge is 0.313 e. The van der Waals surface area contributed by atoms with E-state index >= 15 is 0 Å². The van der Waals surface area contributed by atoms with Crippen LogP contribution in [0.2, 0.25) is 0 Å². The summed E-state index contributed by atoms with van der Waals surface area (Å²) >= 11 is 0. The van der Waals surface area contributed by atoms with E-state index in [1.807, 2.05) is 29.8 Å². The van der Waals surface area contributed by atoms with Crippen molar-refractivity contribution < 1.29 is 4.39 Å². The molecule has 2 rings (SSSR count). The molecule has 3 nitrogen and oxygen atoms in total. The molecule has 0 radical (unpaired) electrons. The van der Waals surface area contributed by atoms with Gasteiger partial charge < -0.3 is 5.32 Å². The van der Waals surface area contributed by atoms with Crippen molar-refractivity contribution in [2.24, 2.45) is 0 Å². The molecule has 0 saturated carbocycles. The molecule has 0 unspecified atom stereocenters. The Balaban J connectivity index is 2.25. The Morgan fingerprint density at radius 3 is 2.84 bits per heavy atom. The minimum atomic E-state index is -0.157. The van der Waals surface area contributed by atoms with Crippen LogP contribution in [0.5, 0.6) is 0 Å². The van der Waals surface area contributed by atoms with E-state index in [9.17, 15) is 4.39 Å². The standard InChI is InChI=1S/C15H20FN3/c1-3-8-17-11-13-10-12(5-6-14(13)16)15-7-9-18-19(15)4-2/h5-7,9-10,17H,3-4,8,11H2,1-2H3. The third-order valence-electron chi connectivity index (χ3n) is 3.10. The summed E-state index contributed by atoms with van der Waals surface area (Å²) in [6.45, 7) is 6.41. The minimum Gasteiger partial charge on any atom is -0.313 e. The average Bonchev–Trinajstić information content (AvgIpc) is 2.89.